The van der Waals surface area contributed by atoms with Crippen molar-refractivity contribution in [2.24, 2.45) is 0 Å². The van der Waals surface area contributed by atoms with Crippen LogP contribution in [0.4, 0.5) is 0 Å². The Labute approximate surface area is 175 Å². The molecule has 0 spiro atoms. The summed E-state index contributed by atoms with van der Waals surface area (Å²) in [7, 11) is 1.64. The summed E-state index contributed by atoms with van der Waals surface area (Å²) < 4.78 is 11.0. The molecule has 152 valence electrons. The molecule has 0 aliphatic heterocycles. The molecule has 0 bridgehead atoms. The summed E-state index contributed by atoms with van der Waals surface area (Å²) in [5.74, 6) is 1.75. The van der Waals surface area contributed by atoms with Gasteiger partial charge in [0.15, 0.2) is 6.61 Å². The van der Waals surface area contributed by atoms with Gasteiger partial charge >= 0.3 is 0 Å². The summed E-state index contributed by atoms with van der Waals surface area (Å²) in [5, 5.41) is 5.74. The van der Waals surface area contributed by atoms with Gasteiger partial charge in [-0.15, -0.1) is 11.3 Å². The highest BCUT2D eigenvalue weighted by Crippen LogP contribution is 2.28. The molecule has 3 aromatic rings. The van der Waals surface area contributed by atoms with E-state index in [-0.39, 0.29) is 12.5 Å². The zero-order valence-electron chi connectivity index (χ0n) is 17.2. The third-order valence-electron chi connectivity index (χ3n) is 4.51. The molecular formula is C23H26N2O3S. The highest BCUT2D eigenvalue weighted by atomic mass is 32.1. The van der Waals surface area contributed by atoms with Crippen molar-refractivity contribution in [3.8, 4) is 22.1 Å². The topological polar surface area (TPSA) is 60.5 Å². The lowest BCUT2D eigenvalue weighted by Gasteiger charge is -2.14. The molecule has 0 atom stereocenters. The van der Waals surface area contributed by atoms with Crippen LogP contribution in [0.25, 0.3) is 10.6 Å². The van der Waals surface area contributed by atoms with E-state index in [2.05, 4.69) is 36.3 Å². The maximum Gasteiger partial charge on any atom is 0.258 e. The second-order valence-electron chi connectivity index (χ2n) is 7.13. The monoisotopic (exact) mass is 410 g/mol. The molecule has 0 aliphatic rings. The van der Waals surface area contributed by atoms with Crippen molar-refractivity contribution in [1.82, 2.24) is 10.3 Å². The lowest BCUT2D eigenvalue weighted by atomic mass is 10.0. The van der Waals surface area contributed by atoms with Gasteiger partial charge in [0.05, 0.1) is 19.3 Å². The predicted molar refractivity (Wildman–Crippen MR) is 117 cm³/mol. The van der Waals surface area contributed by atoms with Crippen molar-refractivity contribution in [2.75, 3.05) is 13.7 Å². The van der Waals surface area contributed by atoms with Crippen LogP contribution in [-0.2, 0) is 11.3 Å². The van der Waals surface area contributed by atoms with E-state index in [0.717, 1.165) is 38.9 Å². The summed E-state index contributed by atoms with van der Waals surface area (Å²) in [4.78, 5) is 16.8. The van der Waals surface area contributed by atoms with Crippen LogP contribution in [0.5, 0.6) is 11.5 Å². The normalized spacial score (nSPS) is 10.8. The Morgan fingerprint density at radius 2 is 1.93 bits per heavy atom. The van der Waals surface area contributed by atoms with Gasteiger partial charge in [-0.1, -0.05) is 26.0 Å². The fourth-order valence-corrected chi connectivity index (χ4v) is 3.71. The maximum absolute atomic E-state index is 12.2. The van der Waals surface area contributed by atoms with Crippen LogP contribution in [0.3, 0.4) is 0 Å². The van der Waals surface area contributed by atoms with Crippen LogP contribution in [0.15, 0.2) is 47.8 Å². The SMILES string of the molecule is COc1ccc(-c2nc(CNC(=O)COc3cc(C)ccc3C(C)C)cs2)cc1. The van der Waals surface area contributed by atoms with Gasteiger partial charge in [-0.2, -0.15) is 0 Å². The molecule has 3 rings (SSSR count). The molecule has 29 heavy (non-hydrogen) atoms. The molecule has 1 aromatic heterocycles. The maximum atomic E-state index is 12.2. The Morgan fingerprint density at radius 1 is 1.17 bits per heavy atom. The molecule has 1 N–H and O–H groups in total. The minimum Gasteiger partial charge on any atom is -0.497 e. The minimum atomic E-state index is -0.166. The molecule has 0 saturated heterocycles. The van der Waals surface area contributed by atoms with Crippen LogP contribution >= 0.6 is 11.3 Å². The molecular weight excluding hydrogens is 384 g/mol. The van der Waals surface area contributed by atoms with Crippen molar-refractivity contribution in [3.63, 3.8) is 0 Å². The van der Waals surface area contributed by atoms with Gasteiger partial charge in [0.25, 0.3) is 5.91 Å². The number of amides is 1. The van der Waals surface area contributed by atoms with Gasteiger partial charge in [-0.3, -0.25) is 4.79 Å². The van der Waals surface area contributed by atoms with Gasteiger partial charge in [0.2, 0.25) is 0 Å². The number of aryl methyl sites for hydroxylation is 1. The fraction of sp³-hybridized carbons (Fsp3) is 0.304. The van der Waals surface area contributed by atoms with Crippen LogP contribution in [-0.4, -0.2) is 24.6 Å². The van der Waals surface area contributed by atoms with Crippen LogP contribution in [0, 0.1) is 6.92 Å². The molecule has 0 fully saturated rings. The summed E-state index contributed by atoms with van der Waals surface area (Å²) in [6.45, 7) is 6.60. The standard InChI is InChI=1S/C23H26N2O3S/c1-15(2)20-10-5-16(3)11-21(20)28-13-22(26)24-12-18-14-29-23(25-18)17-6-8-19(27-4)9-7-17/h5-11,14-15H,12-13H2,1-4H3,(H,24,26). The summed E-state index contributed by atoms with van der Waals surface area (Å²) in [6.07, 6.45) is 0. The number of methoxy groups -OCH3 is 1. The zero-order chi connectivity index (χ0) is 20.8. The number of hydrogen-bond acceptors (Lipinski definition) is 5. The molecule has 0 aliphatic carbocycles. The van der Waals surface area contributed by atoms with Gasteiger partial charge in [-0.25, -0.2) is 4.98 Å². The van der Waals surface area contributed by atoms with Crippen molar-refractivity contribution in [1.29, 1.82) is 0 Å². The highest BCUT2D eigenvalue weighted by Gasteiger charge is 2.11. The van der Waals surface area contributed by atoms with E-state index < -0.39 is 0 Å². The number of benzene rings is 2. The van der Waals surface area contributed by atoms with Crippen molar-refractivity contribution in [2.45, 2.75) is 33.2 Å². The second kappa shape index (κ2) is 9.56. The van der Waals surface area contributed by atoms with Gasteiger partial charge < -0.3 is 14.8 Å². The summed E-state index contributed by atoms with van der Waals surface area (Å²) in [6, 6.07) is 13.9. The molecule has 0 saturated carbocycles. The Kier molecular flexibility index (Phi) is 6.88. The molecule has 0 radical (unpaired) electrons. The Morgan fingerprint density at radius 3 is 2.62 bits per heavy atom. The van der Waals surface area contributed by atoms with E-state index in [1.807, 2.05) is 42.6 Å². The highest BCUT2D eigenvalue weighted by molar-refractivity contribution is 7.13. The van der Waals surface area contributed by atoms with Crippen molar-refractivity contribution < 1.29 is 14.3 Å². The van der Waals surface area contributed by atoms with Crippen molar-refractivity contribution in [3.05, 3.63) is 64.7 Å². The molecule has 2 aromatic carbocycles. The Balaban J connectivity index is 1.54. The average Bonchev–Trinajstić information content (AvgIpc) is 3.19. The number of carbonyl (C=O) groups is 1. The van der Waals surface area contributed by atoms with E-state index in [1.165, 1.54) is 0 Å². The Hall–Kier alpha value is -2.86. The van der Waals surface area contributed by atoms with E-state index >= 15 is 0 Å². The van der Waals surface area contributed by atoms with Gasteiger partial charge in [0, 0.05) is 10.9 Å². The van der Waals surface area contributed by atoms with Crippen molar-refractivity contribution >= 4 is 17.2 Å². The lowest BCUT2D eigenvalue weighted by Crippen LogP contribution is -2.28. The number of carbonyl (C=O) groups excluding carboxylic acids is 1. The number of nitrogens with one attached hydrogen (secondary N) is 1. The number of hydrogen-bond donors (Lipinski definition) is 1. The first kappa shape index (κ1) is 20.9. The molecule has 6 heteroatoms. The van der Waals surface area contributed by atoms with E-state index in [0.29, 0.717) is 12.5 Å². The first-order chi connectivity index (χ1) is 14.0. The first-order valence-corrected chi connectivity index (χ1v) is 10.4. The smallest absolute Gasteiger partial charge is 0.258 e. The van der Waals surface area contributed by atoms with Gasteiger partial charge in [-0.05, 0) is 54.3 Å². The minimum absolute atomic E-state index is 0.0152. The third-order valence-corrected chi connectivity index (χ3v) is 5.45. The molecule has 5 nitrogen and oxygen atoms in total. The fourth-order valence-electron chi connectivity index (χ4n) is 2.88. The number of rotatable bonds is 8. The largest absolute Gasteiger partial charge is 0.497 e. The van der Waals surface area contributed by atoms with Crippen LogP contribution < -0.4 is 14.8 Å². The first-order valence-electron chi connectivity index (χ1n) is 9.55. The number of nitrogens with zero attached hydrogens (tertiary/aromatic N) is 1. The van der Waals surface area contributed by atoms with E-state index in [1.54, 1.807) is 18.4 Å². The summed E-state index contributed by atoms with van der Waals surface area (Å²) in [5.41, 5.74) is 4.07. The van der Waals surface area contributed by atoms with E-state index in [9.17, 15) is 4.79 Å². The molecule has 1 amide bonds. The average molecular weight is 411 g/mol. The van der Waals surface area contributed by atoms with Crippen LogP contribution in [0.2, 0.25) is 0 Å². The van der Waals surface area contributed by atoms with Gasteiger partial charge in [0.1, 0.15) is 16.5 Å². The second-order valence-corrected chi connectivity index (χ2v) is 7.99. The van der Waals surface area contributed by atoms with E-state index in [4.69, 9.17) is 9.47 Å². The number of thiazole rings is 1. The predicted octanol–water partition coefficient (Wildman–Crippen LogP) is 4.95. The Bertz CT molecular complexity index is 965. The number of aromatic nitrogens is 1. The molecule has 1 heterocycles. The zero-order valence-corrected chi connectivity index (χ0v) is 18.0. The molecule has 0 unspecified atom stereocenters. The quantitative estimate of drug-likeness (QED) is 0.571. The lowest BCUT2D eigenvalue weighted by molar-refractivity contribution is -0.123. The summed E-state index contributed by atoms with van der Waals surface area (Å²) >= 11 is 1.55. The third kappa shape index (κ3) is 5.57. The van der Waals surface area contributed by atoms with Crippen LogP contribution in [0.1, 0.15) is 36.6 Å². The number of ether oxygens (including phenoxy) is 2.